The van der Waals surface area contributed by atoms with Crippen LogP contribution in [0.3, 0.4) is 0 Å². The van der Waals surface area contributed by atoms with Crippen LogP contribution in [0.1, 0.15) is 17.5 Å². The van der Waals surface area contributed by atoms with Crippen LogP contribution in [0.5, 0.6) is 0 Å². The Balaban J connectivity index is 1.54. The summed E-state index contributed by atoms with van der Waals surface area (Å²) in [6.45, 7) is 1.71. The smallest absolute Gasteiger partial charge is 0.142 e. The van der Waals surface area contributed by atoms with Crippen molar-refractivity contribution in [3.05, 3.63) is 70.5 Å². The molecule has 4 rings (SSSR count). The van der Waals surface area contributed by atoms with Crippen LogP contribution in [-0.4, -0.2) is 28.0 Å². The molecule has 0 aliphatic carbocycles. The van der Waals surface area contributed by atoms with Crippen molar-refractivity contribution < 1.29 is 8.78 Å². The van der Waals surface area contributed by atoms with Gasteiger partial charge in [-0.25, -0.2) is 13.8 Å². The molecule has 1 aliphatic heterocycles. The number of H-pyrrole nitrogens is 1. The second-order valence-electron chi connectivity index (χ2n) is 6.14. The molecule has 3 nitrogen and oxygen atoms in total. The summed E-state index contributed by atoms with van der Waals surface area (Å²) in [4.78, 5) is 9.55. The van der Waals surface area contributed by atoms with Crippen LogP contribution in [0.2, 0.25) is 5.02 Å². The monoisotopic (exact) mass is 359 g/mol. The first kappa shape index (κ1) is 16.2. The number of fused-ring (bicyclic) bond motifs is 1. The molecule has 0 spiro atoms. The highest BCUT2D eigenvalue weighted by Crippen LogP contribution is 2.30. The molecule has 0 amide bonds. The predicted molar refractivity (Wildman–Crippen MR) is 95.3 cm³/mol. The lowest BCUT2D eigenvalue weighted by Gasteiger charge is -2.26. The van der Waals surface area contributed by atoms with E-state index in [0.717, 1.165) is 41.7 Å². The van der Waals surface area contributed by atoms with Gasteiger partial charge >= 0.3 is 0 Å². The van der Waals surface area contributed by atoms with Gasteiger partial charge < -0.3 is 4.98 Å². The normalized spacial score (nSPS) is 15.6. The van der Waals surface area contributed by atoms with Crippen molar-refractivity contribution in [2.45, 2.75) is 13.0 Å². The van der Waals surface area contributed by atoms with E-state index in [2.05, 4.69) is 20.9 Å². The van der Waals surface area contributed by atoms with E-state index < -0.39 is 11.6 Å². The molecule has 0 saturated heterocycles. The van der Waals surface area contributed by atoms with E-state index in [1.165, 1.54) is 5.57 Å². The topological polar surface area (TPSA) is 31.9 Å². The van der Waals surface area contributed by atoms with Crippen molar-refractivity contribution >= 4 is 28.2 Å². The summed E-state index contributed by atoms with van der Waals surface area (Å²) in [7, 11) is 0. The highest BCUT2D eigenvalue weighted by molar-refractivity contribution is 6.31. The number of aromatic nitrogens is 2. The van der Waals surface area contributed by atoms with E-state index in [-0.39, 0.29) is 10.6 Å². The molecule has 0 unspecified atom stereocenters. The SMILES string of the molecule is Fc1ccc(F)c(CN2CC=C(c3c[nH]c4ncccc34)CC2)c1Cl. The Morgan fingerprint density at radius 1 is 1.20 bits per heavy atom. The van der Waals surface area contributed by atoms with Crippen molar-refractivity contribution in [1.82, 2.24) is 14.9 Å². The Bertz CT molecular complexity index is 964. The van der Waals surface area contributed by atoms with Gasteiger partial charge in [0, 0.05) is 48.5 Å². The van der Waals surface area contributed by atoms with Crippen LogP contribution >= 0.6 is 11.6 Å². The van der Waals surface area contributed by atoms with E-state index in [0.29, 0.717) is 13.1 Å². The van der Waals surface area contributed by atoms with E-state index in [9.17, 15) is 8.78 Å². The first-order chi connectivity index (χ1) is 12.1. The van der Waals surface area contributed by atoms with Crippen molar-refractivity contribution in [3.63, 3.8) is 0 Å². The van der Waals surface area contributed by atoms with Crippen LogP contribution in [0.15, 0.2) is 42.7 Å². The Hall–Kier alpha value is -2.24. The Morgan fingerprint density at radius 3 is 2.84 bits per heavy atom. The number of rotatable bonds is 3. The molecule has 0 saturated carbocycles. The molecule has 1 N–H and O–H groups in total. The molecule has 0 atom stereocenters. The van der Waals surface area contributed by atoms with Gasteiger partial charge in [0.1, 0.15) is 17.3 Å². The first-order valence-electron chi connectivity index (χ1n) is 8.09. The fourth-order valence-corrected chi connectivity index (χ4v) is 3.47. The standard InChI is InChI=1S/C19H16ClF2N3/c20-18-15(16(21)3-4-17(18)22)11-25-8-5-12(6-9-25)14-10-24-19-13(14)2-1-7-23-19/h1-5,7,10H,6,8-9,11H2,(H,23,24). The largest absolute Gasteiger partial charge is 0.346 e. The van der Waals surface area contributed by atoms with Gasteiger partial charge in [0.25, 0.3) is 0 Å². The van der Waals surface area contributed by atoms with Crippen molar-refractivity contribution in [3.8, 4) is 0 Å². The number of aromatic amines is 1. The van der Waals surface area contributed by atoms with Gasteiger partial charge in [-0.2, -0.15) is 0 Å². The van der Waals surface area contributed by atoms with Gasteiger partial charge in [0.15, 0.2) is 0 Å². The lowest BCUT2D eigenvalue weighted by atomic mass is 9.99. The molecule has 25 heavy (non-hydrogen) atoms. The highest BCUT2D eigenvalue weighted by atomic mass is 35.5. The molecule has 6 heteroatoms. The molecule has 3 heterocycles. The first-order valence-corrected chi connectivity index (χ1v) is 8.47. The maximum absolute atomic E-state index is 14.0. The summed E-state index contributed by atoms with van der Waals surface area (Å²) in [5.74, 6) is -1.05. The molecule has 0 bridgehead atoms. The number of benzene rings is 1. The van der Waals surface area contributed by atoms with E-state index in [1.807, 2.05) is 18.3 Å². The van der Waals surface area contributed by atoms with Gasteiger partial charge in [0.2, 0.25) is 0 Å². The minimum atomic E-state index is -0.586. The maximum Gasteiger partial charge on any atom is 0.142 e. The molecule has 2 aromatic heterocycles. The summed E-state index contributed by atoms with van der Waals surface area (Å²) < 4.78 is 27.5. The van der Waals surface area contributed by atoms with Gasteiger partial charge in [-0.05, 0) is 36.3 Å². The second-order valence-corrected chi connectivity index (χ2v) is 6.52. The summed E-state index contributed by atoms with van der Waals surface area (Å²) in [5, 5.41) is 0.971. The van der Waals surface area contributed by atoms with Crippen LogP contribution in [0, 0.1) is 11.6 Å². The number of pyridine rings is 1. The summed E-state index contributed by atoms with van der Waals surface area (Å²) in [5.41, 5.74) is 3.48. The van der Waals surface area contributed by atoms with E-state index in [4.69, 9.17) is 11.6 Å². The molecular weight excluding hydrogens is 344 g/mol. The number of nitrogens with zero attached hydrogens (tertiary/aromatic N) is 2. The highest BCUT2D eigenvalue weighted by Gasteiger charge is 2.19. The fraction of sp³-hybridized carbons (Fsp3) is 0.211. The average Bonchev–Trinajstić information content (AvgIpc) is 3.07. The third-order valence-corrected chi connectivity index (χ3v) is 5.02. The zero-order chi connectivity index (χ0) is 17.4. The van der Waals surface area contributed by atoms with Crippen LogP contribution in [-0.2, 0) is 6.54 Å². The van der Waals surface area contributed by atoms with Crippen LogP contribution in [0.25, 0.3) is 16.6 Å². The quantitative estimate of drug-likeness (QED) is 0.682. The summed E-state index contributed by atoms with van der Waals surface area (Å²) in [6, 6.07) is 6.15. The second kappa shape index (κ2) is 6.58. The lowest BCUT2D eigenvalue weighted by Crippen LogP contribution is -2.28. The van der Waals surface area contributed by atoms with Gasteiger partial charge in [-0.1, -0.05) is 17.7 Å². The van der Waals surface area contributed by atoms with E-state index in [1.54, 1.807) is 6.20 Å². The lowest BCUT2D eigenvalue weighted by molar-refractivity contribution is 0.289. The summed E-state index contributed by atoms with van der Waals surface area (Å²) >= 11 is 5.92. The molecule has 0 radical (unpaired) electrons. The predicted octanol–water partition coefficient (Wildman–Crippen LogP) is 4.78. The fourth-order valence-electron chi connectivity index (χ4n) is 3.26. The molecular formula is C19H16ClF2N3. The van der Waals surface area contributed by atoms with Crippen LogP contribution in [0.4, 0.5) is 8.78 Å². The minimum absolute atomic E-state index is 0.127. The number of hydrogen-bond donors (Lipinski definition) is 1. The van der Waals surface area contributed by atoms with Crippen LogP contribution < -0.4 is 0 Å². The number of nitrogens with one attached hydrogen (secondary N) is 1. The van der Waals surface area contributed by atoms with Gasteiger partial charge in [-0.3, -0.25) is 4.90 Å². The van der Waals surface area contributed by atoms with Gasteiger partial charge in [-0.15, -0.1) is 0 Å². The number of halogens is 3. The Morgan fingerprint density at radius 2 is 2.04 bits per heavy atom. The zero-order valence-electron chi connectivity index (χ0n) is 13.4. The third kappa shape index (κ3) is 3.05. The van der Waals surface area contributed by atoms with Crippen molar-refractivity contribution in [2.24, 2.45) is 0 Å². The molecule has 1 aliphatic rings. The molecule has 0 fully saturated rings. The molecule has 3 aromatic rings. The average molecular weight is 360 g/mol. The number of hydrogen-bond acceptors (Lipinski definition) is 2. The van der Waals surface area contributed by atoms with Crippen molar-refractivity contribution in [1.29, 1.82) is 0 Å². The summed E-state index contributed by atoms with van der Waals surface area (Å²) in [6.07, 6.45) is 6.69. The molecule has 1 aromatic carbocycles. The third-order valence-electron chi connectivity index (χ3n) is 4.61. The van der Waals surface area contributed by atoms with Crippen molar-refractivity contribution in [2.75, 3.05) is 13.1 Å². The van der Waals surface area contributed by atoms with E-state index >= 15 is 0 Å². The zero-order valence-corrected chi connectivity index (χ0v) is 14.2. The Labute approximate surface area is 148 Å². The maximum atomic E-state index is 14.0. The molecule has 128 valence electrons. The Kier molecular flexibility index (Phi) is 4.27. The van der Waals surface area contributed by atoms with Gasteiger partial charge in [0.05, 0.1) is 5.02 Å². The minimum Gasteiger partial charge on any atom is -0.346 e.